The summed E-state index contributed by atoms with van der Waals surface area (Å²) in [5, 5.41) is 20.9. The standard InChI is InChI=1S/C26H32N2O6/c1-17(2)18(13-24(30)28(11-12-29)15-25(31)32)14-27-26(33)34-16-23-21-9-5-3-7-19(21)20-8-4-6-10-22(20)23/h3-10,17-18,23,29H,11-16H2,1-2H3,(H,27,33)(H,31,32). The molecule has 2 aromatic rings. The number of hydrogen-bond donors (Lipinski definition) is 3. The molecule has 0 spiro atoms. The third-order valence-electron chi connectivity index (χ3n) is 6.28. The van der Waals surface area contributed by atoms with Crippen LogP contribution in [0, 0.1) is 11.8 Å². The van der Waals surface area contributed by atoms with Crippen LogP contribution in [0.5, 0.6) is 0 Å². The number of hydrogen-bond acceptors (Lipinski definition) is 5. The molecule has 1 aliphatic carbocycles. The molecule has 1 atom stereocenters. The number of aliphatic hydroxyl groups excluding tert-OH is 1. The van der Waals surface area contributed by atoms with Crippen molar-refractivity contribution in [3.8, 4) is 11.1 Å². The van der Waals surface area contributed by atoms with Crippen LogP contribution in [0.4, 0.5) is 4.79 Å². The Bertz CT molecular complexity index is 976. The minimum Gasteiger partial charge on any atom is -0.480 e. The minimum absolute atomic E-state index is 0.0383. The van der Waals surface area contributed by atoms with E-state index in [9.17, 15) is 14.4 Å². The summed E-state index contributed by atoms with van der Waals surface area (Å²) >= 11 is 0. The van der Waals surface area contributed by atoms with Crippen LogP contribution in [0.15, 0.2) is 48.5 Å². The van der Waals surface area contributed by atoms with Gasteiger partial charge >= 0.3 is 12.1 Å². The molecule has 0 fully saturated rings. The van der Waals surface area contributed by atoms with Gasteiger partial charge in [-0.2, -0.15) is 0 Å². The van der Waals surface area contributed by atoms with Gasteiger partial charge in [0, 0.05) is 25.4 Å². The fraction of sp³-hybridized carbons (Fsp3) is 0.423. The first-order valence-corrected chi connectivity index (χ1v) is 11.5. The highest BCUT2D eigenvalue weighted by molar-refractivity contribution is 5.81. The first kappa shape index (κ1) is 25.2. The Morgan fingerprint density at radius 3 is 2.15 bits per heavy atom. The van der Waals surface area contributed by atoms with Crippen LogP contribution < -0.4 is 5.32 Å². The van der Waals surface area contributed by atoms with Crippen molar-refractivity contribution < 1.29 is 29.3 Å². The van der Waals surface area contributed by atoms with E-state index in [1.165, 1.54) is 0 Å². The van der Waals surface area contributed by atoms with Crippen LogP contribution in [0.25, 0.3) is 11.1 Å². The van der Waals surface area contributed by atoms with E-state index in [0.717, 1.165) is 27.2 Å². The van der Waals surface area contributed by atoms with Crippen molar-refractivity contribution in [2.75, 3.05) is 32.8 Å². The zero-order valence-electron chi connectivity index (χ0n) is 19.6. The lowest BCUT2D eigenvalue weighted by molar-refractivity contribution is -0.145. The first-order valence-electron chi connectivity index (χ1n) is 11.5. The molecule has 2 amide bonds. The predicted molar refractivity (Wildman–Crippen MR) is 127 cm³/mol. The number of benzene rings is 2. The maximum atomic E-state index is 12.6. The lowest BCUT2D eigenvalue weighted by Crippen LogP contribution is -2.41. The van der Waals surface area contributed by atoms with Gasteiger partial charge in [-0.05, 0) is 34.1 Å². The summed E-state index contributed by atoms with van der Waals surface area (Å²) in [6.07, 6.45) is -0.494. The molecule has 3 rings (SSSR count). The molecule has 182 valence electrons. The smallest absolute Gasteiger partial charge is 0.407 e. The third kappa shape index (κ3) is 6.14. The molecule has 0 bridgehead atoms. The average molecular weight is 469 g/mol. The van der Waals surface area contributed by atoms with Crippen molar-refractivity contribution in [2.24, 2.45) is 11.8 Å². The molecule has 1 aliphatic rings. The largest absolute Gasteiger partial charge is 0.480 e. The monoisotopic (exact) mass is 468 g/mol. The fourth-order valence-corrected chi connectivity index (χ4v) is 4.34. The highest BCUT2D eigenvalue weighted by atomic mass is 16.5. The molecular formula is C26H32N2O6. The summed E-state index contributed by atoms with van der Waals surface area (Å²) in [6.45, 7) is 3.47. The van der Waals surface area contributed by atoms with Crippen LogP contribution in [0.2, 0.25) is 0 Å². The van der Waals surface area contributed by atoms with Crippen molar-refractivity contribution >= 4 is 18.0 Å². The molecule has 0 radical (unpaired) electrons. The van der Waals surface area contributed by atoms with Crippen molar-refractivity contribution in [3.63, 3.8) is 0 Å². The molecule has 0 heterocycles. The molecule has 2 aromatic carbocycles. The number of ether oxygens (including phenoxy) is 1. The molecule has 0 aromatic heterocycles. The number of aliphatic carboxylic acids is 1. The highest BCUT2D eigenvalue weighted by Gasteiger charge is 2.29. The number of alkyl carbamates (subject to hydrolysis) is 1. The Labute approximate surface area is 199 Å². The van der Waals surface area contributed by atoms with Gasteiger partial charge in [0.2, 0.25) is 5.91 Å². The Kier molecular flexibility index (Phi) is 8.65. The Hall–Kier alpha value is -3.39. The SMILES string of the molecule is CC(C)C(CNC(=O)OCC1c2ccccc2-c2ccccc21)CC(=O)N(CCO)CC(=O)O. The number of amides is 2. The van der Waals surface area contributed by atoms with Gasteiger partial charge in [-0.3, -0.25) is 9.59 Å². The molecule has 0 saturated carbocycles. The van der Waals surface area contributed by atoms with Crippen LogP contribution in [0.3, 0.4) is 0 Å². The predicted octanol–water partition coefficient (Wildman–Crippen LogP) is 3.09. The number of carbonyl (C=O) groups excluding carboxylic acids is 2. The summed E-state index contributed by atoms with van der Waals surface area (Å²) in [6, 6.07) is 16.2. The van der Waals surface area contributed by atoms with Crippen LogP contribution in [0.1, 0.15) is 37.3 Å². The number of nitrogens with zero attached hydrogens (tertiary/aromatic N) is 1. The van der Waals surface area contributed by atoms with Gasteiger partial charge in [0.15, 0.2) is 0 Å². The van der Waals surface area contributed by atoms with Gasteiger partial charge in [0.05, 0.1) is 6.61 Å². The van der Waals surface area contributed by atoms with Crippen molar-refractivity contribution in [1.82, 2.24) is 10.2 Å². The van der Waals surface area contributed by atoms with E-state index in [4.69, 9.17) is 14.9 Å². The van der Waals surface area contributed by atoms with E-state index in [1.807, 2.05) is 38.1 Å². The van der Waals surface area contributed by atoms with E-state index in [0.29, 0.717) is 0 Å². The second-order valence-corrected chi connectivity index (χ2v) is 8.85. The lowest BCUT2D eigenvalue weighted by Gasteiger charge is -2.25. The fourth-order valence-electron chi connectivity index (χ4n) is 4.34. The van der Waals surface area contributed by atoms with Gasteiger partial charge in [-0.15, -0.1) is 0 Å². The average Bonchev–Trinajstić information content (AvgIpc) is 3.13. The summed E-state index contributed by atoms with van der Waals surface area (Å²) in [5.74, 6) is -1.69. The van der Waals surface area contributed by atoms with Gasteiger partial charge in [0.1, 0.15) is 13.2 Å². The van der Waals surface area contributed by atoms with Crippen LogP contribution >= 0.6 is 0 Å². The summed E-state index contributed by atoms with van der Waals surface area (Å²) in [5.41, 5.74) is 4.56. The summed E-state index contributed by atoms with van der Waals surface area (Å²) < 4.78 is 5.56. The zero-order valence-corrected chi connectivity index (χ0v) is 19.6. The maximum absolute atomic E-state index is 12.6. The van der Waals surface area contributed by atoms with E-state index in [1.54, 1.807) is 0 Å². The van der Waals surface area contributed by atoms with Gasteiger partial charge in [-0.1, -0.05) is 62.4 Å². The van der Waals surface area contributed by atoms with Crippen molar-refractivity contribution in [1.29, 1.82) is 0 Å². The number of carbonyl (C=O) groups is 3. The third-order valence-corrected chi connectivity index (χ3v) is 6.28. The second kappa shape index (κ2) is 11.7. The van der Waals surface area contributed by atoms with E-state index in [2.05, 4.69) is 29.6 Å². The second-order valence-electron chi connectivity index (χ2n) is 8.85. The molecule has 1 unspecified atom stereocenters. The number of carboxylic acid groups (broad SMARTS) is 1. The van der Waals surface area contributed by atoms with Crippen LogP contribution in [-0.4, -0.2) is 65.9 Å². The molecule has 3 N–H and O–H groups in total. The topological polar surface area (TPSA) is 116 Å². The van der Waals surface area contributed by atoms with Gasteiger partial charge in [-0.25, -0.2) is 4.79 Å². The number of carboxylic acids is 1. The molecule has 8 heteroatoms. The number of fused-ring (bicyclic) bond motifs is 3. The maximum Gasteiger partial charge on any atom is 0.407 e. The van der Waals surface area contributed by atoms with Crippen molar-refractivity contribution in [3.05, 3.63) is 59.7 Å². The Balaban J connectivity index is 1.56. The Morgan fingerprint density at radius 1 is 1.03 bits per heavy atom. The first-order chi connectivity index (χ1) is 16.3. The van der Waals surface area contributed by atoms with Crippen LogP contribution in [-0.2, 0) is 14.3 Å². The normalized spacial score (nSPS) is 13.2. The summed E-state index contributed by atoms with van der Waals surface area (Å²) in [4.78, 5) is 37.2. The molecule has 0 saturated heterocycles. The van der Waals surface area contributed by atoms with E-state index in [-0.39, 0.29) is 56.4 Å². The van der Waals surface area contributed by atoms with Gasteiger partial charge < -0.3 is 25.2 Å². The number of aliphatic hydroxyl groups is 1. The minimum atomic E-state index is -1.14. The molecular weight excluding hydrogens is 436 g/mol. The van der Waals surface area contributed by atoms with E-state index < -0.39 is 18.6 Å². The summed E-state index contributed by atoms with van der Waals surface area (Å²) in [7, 11) is 0. The van der Waals surface area contributed by atoms with Crippen molar-refractivity contribution in [2.45, 2.75) is 26.2 Å². The zero-order chi connectivity index (χ0) is 24.7. The Morgan fingerprint density at radius 2 is 1.62 bits per heavy atom. The number of nitrogens with one attached hydrogen (secondary N) is 1. The van der Waals surface area contributed by atoms with E-state index >= 15 is 0 Å². The number of rotatable bonds is 11. The molecule has 8 nitrogen and oxygen atoms in total. The quantitative estimate of drug-likeness (QED) is 0.467. The highest BCUT2D eigenvalue weighted by Crippen LogP contribution is 2.44. The lowest BCUT2D eigenvalue weighted by atomic mass is 9.92. The molecule has 0 aliphatic heterocycles. The van der Waals surface area contributed by atoms with Gasteiger partial charge in [0.25, 0.3) is 0 Å². The molecule has 34 heavy (non-hydrogen) atoms.